The molecule has 1 aliphatic rings. The number of hydrogen-bond acceptors (Lipinski definition) is 6. The van der Waals surface area contributed by atoms with Crippen LogP contribution in [0.3, 0.4) is 0 Å². The second-order valence-corrected chi connectivity index (χ2v) is 11.3. The van der Waals surface area contributed by atoms with E-state index in [1.54, 1.807) is 17.8 Å². The SMILES string of the molecule is CN=CC[C@H]1Cc2cccc(c2)[C@@H](n2cnc(-c3cc(Cl)ccc3-n3cc(C(F)(F)F)nn3)cc2=O)CCC[C@@H](C)C(=O)N1. The number of benzene rings is 2. The molecule has 3 atom stereocenters. The van der Waals surface area contributed by atoms with Gasteiger partial charge >= 0.3 is 6.18 Å². The maximum Gasteiger partial charge on any atom is 0.436 e. The molecular weight excluding hydrogens is 595 g/mol. The maximum atomic E-state index is 13.7. The number of aliphatic imine (C=N–C) groups is 1. The summed E-state index contributed by atoms with van der Waals surface area (Å²) in [5, 5.41) is 10.3. The van der Waals surface area contributed by atoms with E-state index in [0.717, 1.165) is 22.0 Å². The van der Waals surface area contributed by atoms with E-state index >= 15 is 0 Å². The summed E-state index contributed by atoms with van der Waals surface area (Å²) in [5.74, 6) is -0.217. The largest absolute Gasteiger partial charge is 0.436 e. The number of fused-ring (bicyclic) bond motifs is 2. The number of hydrogen-bond donors (Lipinski definition) is 1. The van der Waals surface area contributed by atoms with Gasteiger partial charge in [0.05, 0.1) is 29.9 Å². The second kappa shape index (κ2) is 13.1. The molecule has 230 valence electrons. The number of rotatable bonds is 5. The Morgan fingerprint density at radius 1 is 1.14 bits per heavy atom. The van der Waals surface area contributed by atoms with Crippen LogP contribution >= 0.6 is 11.6 Å². The van der Waals surface area contributed by atoms with Gasteiger partial charge in [0.1, 0.15) is 0 Å². The lowest BCUT2D eigenvalue weighted by Crippen LogP contribution is -2.40. The summed E-state index contributed by atoms with van der Waals surface area (Å²) in [6, 6.07) is 13.4. The van der Waals surface area contributed by atoms with Crippen LogP contribution in [0, 0.1) is 5.92 Å². The normalized spacial score (nSPS) is 19.8. The van der Waals surface area contributed by atoms with E-state index in [4.69, 9.17) is 11.6 Å². The van der Waals surface area contributed by atoms with Crippen LogP contribution in [0.4, 0.5) is 13.2 Å². The smallest absolute Gasteiger partial charge is 0.352 e. The Bertz CT molecular complexity index is 1730. The van der Waals surface area contributed by atoms with Crippen molar-refractivity contribution in [3.05, 3.63) is 93.3 Å². The third-order valence-electron chi connectivity index (χ3n) is 7.74. The summed E-state index contributed by atoms with van der Waals surface area (Å²) >= 11 is 6.24. The predicted octanol–water partition coefficient (Wildman–Crippen LogP) is 5.69. The molecule has 2 aromatic carbocycles. The lowest BCUT2D eigenvalue weighted by atomic mass is 9.92. The first kappa shape index (κ1) is 31.1. The Morgan fingerprint density at radius 3 is 2.68 bits per heavy atom. The van der Waals surface area contributed by atoms with Crippen LogP contribution in [-0.4, -0.2) is 49.8 Å². The molecule has 2 bridgehead atoms. The molecule has 2 aromatic heterocycles. The zero-order valence-electron chi connectivity index (χ0n) is 24.1. The average molecular weight is 626 g/mol. The molecule has 0 aliphatic carbocycles. The average Bonchev–Trinajstić information content (AvgIpc) is 3.49. The molecule has 0 radical (unpaired) electrons. The molecule has 1 amide bonds. The summed E-state index contributed by atoms with van der Waals surface area (Å²) in [4.78, 5) is 35.2. The summed E-state index contributed by atoms with van der Waals surface area (Å²) < 4.78 is 42.1. The van der Waals surface area contributed by atoms with Gasteiger partial charge in [0.25, 0.3) is 5.56 Å². The summed E-state index contributed by atoms with van der Waals surface area (Å²) in [6.07, 6.45) is 2.47. The first-order chi connectivity index (χ1) is 21.0. The highest BCUT2D eigenvalue weighted by atomic mass is 35.5. The molecule has 1 aliphatic heterocycles. The summed E-state index contributed by atoms with van der Waals surface area (Å²) in [7, 11) is 1.70. The van der Waals surface area contributed by atoms with Crippen LogP contribution in [0.25, 0.3) is 16.9 Å². The molecular formula is C31H31ClF3N7O2. The van der Waals surface area contributed by atoms with Gasteiger partial charge in [-0.05, 0) is 48.6 Å². The number of aromatic nitrogens is 5. The fourth-order valence-electron chi connectivity index (χ4n) is 5.41. The van der Waals surface area contributed by atoms with Crippen LogP contribution in [-0.2, 0) is 17.4 Å². The maximum absolute atomic E-state index is 13.7. The Hall–Kier alpha value is -4.32. The minimum atomic E-state index is -4.67. The molecule has 0 saturated heterocycles. The first-order valence-corrected chi connectivity index (χ1v) is 14.6. The summed E-state index contributed by atoms with van der Waals surface area (Å²) in [6.45, 7) is 1.90. The van der Waals surface area contributed by atoms with Crippen molar-refractivity contribution in [3.63, 3.8) is 0 Å². The number of carbonyl (C=O) groups is 1. The molecule has 9 nitrogen and oxygen atoms in total. The Morgan fingerprint density at radius 2 is 1.95 bits per heavy atom. The molecule has 3 heterocycles. The highest BCUT2D eigenvalue weighted by molar-refractivity contribution is 6.31. The van der Waals surface area contributed by atoms with Gasteiger partial charge in [0.15, 0.2) is 5.69 Å². The fraction of sp³-hybridized carbons (Fsp3) is 0.355. The van der Waals surface area contributed by atoms with E-state index in [-0.39, 0.29) is 40.8 Å². The minimum absolute atomic E-state index is 0.0111. The van der Waals surface area contributed by atoms with Crippen LogP contribution in [0.2, 0.25) is 5.02 Å². The first-order valence-electron chi connectivity index (χ1n) is 14.2. The topological polar surface area (TPSA) is 107 Å². The molecule has 13 heteroatoms. The van der Waals surface area contributed by atoms with Crippen molar-refractivity contribution in [2.75, 3.05) is 7.05 Å². The number of halogens is 4. The van der Waals surface area contributed by atoms with Gasteiger partial charge in [-0.3, -0.25) is 14.2 Å². The van der Waals surface area contributed by atoms with E-state index in [0.29, 0.717) is 42.7 Å². The number of carbonyl (C=O) groups excluding carboxylic acids is 1. The standard InChI is InChI=1S/C31H31ClF3N7O2/c1-19-5-3-8-26(21-7-4-6-20(13-21)14-23(11-12-36-2)38-30(19)44)41-18-37-25(16-29(41)43)24-15-22(32)9-10-27(24)42-17-28(39-40-42)31(33,34)35/h4,6-7,9-10,12-13,15-19,23,26H,3,5,8,11,14H2,1-2H3,(H,38,44)/t19-,23+,26+/m1/s1. The molecule has 1 N–H and O–H groups in total. The third-order valence-corrected chi connectivity index (χ3v) is 7.97. The molecule has 0 unspecified atom stereocenters. The van der Waals surface area contributed by atoms with Crippen molar-refractivity contribution in [1.82, 2.24) is 29.9 Å². The van der Waals surface area contributed by atoms with Crippen molar-refractivity contribution in [2.24, 2.45) is 10.9 Å². The van der Waals surface area contributed by atoms with Gasteiger partial charge < -0.3 is 10.3 Å². The second-order valence-electron chi connectivity index (χ2n) is 10.9. The fourth-order valence-corrected chi connectivity index (χ4v) is 5.58. The van der Waals surface area contributed by atoms with E-state index in [1.165, 1.54) is 30.6 Å². The Balaban J connectivity index is 1.52. The Labute approximate surface area is 256 Å². The number of nitrogens with zero attached hydrogens (tertiary/aromatic N) is 6. The highest BCUT2D eigenvalue weighted by Crippen LogP contribution is 2.32. The molecule has 0 spiro atoms. The van der Waals surface area contributed by atoms with E-state index in [9.17, 15) is 22.8 Å². The van der Waals surface area contributed by atoms with Gasteiger partial charge in [0, 0.05) is 48.3 Å². The summed E-state index contributed by atoms with van der Waals surface area (Å²) in [5.41, 5.74) is 1.23. The van der Waals surface area contributed by atoms with Crippen LogP contribution in [0.5, 0.6) is 0 Å². The van der Waals surface area contributed by atoms with Crippen molar-refractivity contribution in [3.8, 4) is 16.9 Å². The highest BCUT2D eigenvalue weighted by Gasteiger charge is 2.35. The molecule has 0 saturated carbocycles. The zero-order chi connectivity index (χ0) is 31.4. The van der Waals surface area contributed by atoms with Gasteiger partial charge in [-0.15, -0.1) is 5.10 Å². The van der Waals surface area contributed by atoms with Crippen molar-refractivity contribution in [1.29, 1.82) is 0 Å². The van der Waals surface area contributed by atoms with Crippen molar-refractivity contribution >= 4 is 23.7 Å². The molecule has 5 rings (SSSR count). The van der Waals surface area contributed by atoms with E-state index < -0.39 is 11.9 Å². The van der Waals surface area contributed by atoms with Crippen LogP contribution in [0.15, 0.2) is 70.8 Å². The number of amides is 1. The lowest BCUT2D eigenvalue weighted by molar-refractivity contribution is -0.141. The minimum Gasteiger partial charge on any atom is -0.352 e. The van der Waals surface area contributed by atoms with Gasteiger partial charge in [0.2, 0.25) is 5.91 Å². The third kappa shape index (κ3) is 7.07. The zero-order valence-corrected chi connectivity index (χ0v) is 24.9. The van der Waals surface area contributed by atoms with Crippen molar-refractivity contribution in [2.45, 2.75) is 57.3 Å². The van der Waals surface area contributed by atoms with Gasteiger partial charge in [-0.25, -0.2) is 9.67 Å². The van der Waals surface area contributed by atoms with Gasteiger partial charge in [-0.1, -0.05) is 54.4 Å². The monoisotopic (exact) mass is 625 g/mol. The van der Waals surface area contributed by atoms with E-state index in [1.807, 2.05) is 25.1 Å². The van der Waals surface area contributed by atoms with E-state index in [2.05, 4.69) is 31.7 Å². The quantitative estimate of drug-likeness (QED) is 0.287. The molecule has 4 aromatic rings. The lowest BCUT2D eigenvalue weighted by Gasteiger charge is -2.25. The predicted molar refractivity (Wildman–Crippen MR) is 161 cm³/mol. The Kier molecular flexibility index (Phi) is 9.28. The molecule has 0 fully saturated rings. The number of nitrogens with one attached hydrogen (secondary N) is 1. The van der Waals surface area contributed by atoms with Crippen molar-refractivity contribution < 1.29 is 18.0 Å². The van der Waals surface area contributed by atoms with Crippen LogP contribution < -0.4 is 10.9 Å². The van der Waals surface area contributed by atoms with Gasteiger partial charge in [-0.2, -0.15) is 13.2 Å². The van der Waals surface area contributed by atoms with Crippen LogP contribution in [0.1, 0.15) is 55.5 Å². The number of alkyl halides is 3. The molecule has 44 heavy (non-hydrogen) atoms.